The van der Waals surface area contributed by atoms with E-state index in [1.165, 1.54) is 0 Å². The van der Waals surface area contributed by atoms with Gasteiger partial charge in [0.1, 0.15) is 11.7 Å². The number of halogens is 3. The van der Waals surface area contributed by atoms with Crippen molar-refractivity contribution in [3.63, 3.8) is 0 Å². The van der Waals surface area contributed by atoms with Crippen LogP contribution < -0.4 is 5.73 Å². The molecule has 1 aromatic carbocycles. The van der Waals surface area contributed by atoms with Crippen LogP contribution in [-0.4, -0.2) is 22.7 Å². The number of carbonyl (C=O) groups is 1. The van der Waals surface area contributed by atoms with E-state index in [2.05, 4.69) is 0 Å². The van der Waals surface area contributed by atoms with Gasteiger partial charge < -0.3 is 15.9 Å². The van der Waals surface area contributed by atoms with Crippen LogP contribution in [0.5, 0.6) is 5.75 Å². The fourth-order valence-corrected chi connectivity index (χ4v) is 1.46. The van der Waals surface area contributed by atoms with Gasteiger partial charge in [-0.2, -0.15) is 0 Å². The quantitative estimate of drug-likeness (QED) is 0.710. The molecule has 0 saturated heterocycles. The summed E-state index contributed by atoms with van der Waals surface area (Å²) in [6, 6.07) is 0.561. The van der Waals surface area contributed by atoms with Crippen molar-refractivity contribution in [2.24, 2.45) is 5.73 Å². The van der Waals surface area contributed by atoms with E-state index in [4.69, 9.17) is 22.4 Å². The maximum Gasteiger partial charge on any atom is 0.312 e. The van der Waals surface area contributed by atoms with E-state index in [9.17, 15) is 18.7 Å². The molecule has 0 aromatic heterocycles. The Bertz CT molecular complexity index is 413. The molecule has 88 valence electrons. The van der Waals surface area contributed by atoms with Crippen molar-refractivity contribution in [2.75, 3.05) is 6.54 Å². The summed E-state index contributed by atoms with van der Waals surface area (Å²) in [4.78, 5) is 10.7. The minimum Gasteiger partial charge on any atom is -0.506 e. The number of phenols is 1. The van der Waals surface area contributed by atoms with E-state index >= 15 is 0 Å². The second kappa shape index (κ2) is 4.63. The highest BCUT2D eigenvalue weighted by atomic mass is 35.5. The van der Waals surface area contributed by atoms with Gasteiger partial charge >= 0.3 is 5.97 Å². The number of nitrogens with two attached hydrogens (primary N) is 1. The maximum absolute atomic E-state index is 13.3. The number of rotatable bonds is 3. The summed E-state index contributed by atoms with van der Waals surface area (Å²) in [6.07, 6.45) is 0. The highest BCUT2D eigenvalue weighted by Crippen LogP contribution is 2.36. The summed E-state index contributed by atoms with van der Waals surface area (Å²) >= 11 is 5.41. The van der Waals surface area contributed by atoms with E-state index in [-0.39, 0.29) is 0 Å². The van der Waals surface area contributed by atoms with E-state index in [1.54, 1.807) is 0 Å². The Morgan fingerprint density at radius 1 is 1.56 bits per heavy atom. The molecule has 0 aliphatic heterocycles. The van der Waals surface area contributed by atoms with Gasteiger partial charge in [0.25, 0.3) is 0 Å². The Hall–Kier alpha value is -1.40. The Morgan fingerprint density at radius 2 is 2.12 bits per heavy atom. The summed E-state index contributed by atoms with van der Waals surface area (Å²) in [7, 11) is 0. The van der Waals surface area contributed by atoms with E-state index < -0.39 is 46.4 Å². The van der Waals surface area contributed by atoms with Crippen LogP contribution in [0.3, 0.4) is 0 Å². The predicted molar refractivity (Wildman–Crippen MR) is 52.5 cm³/mol. The Balaban J connectivity index is 3.47. The molecule has 0 bridgehead atoms. The highest BCUT2D eigenvalue weighted by molar-refractivity contribution is 6.32. The van der Waals surface area contributed by atoms with Crippen molar-refractivity contribution >= 4 is 17.6 Å². The molecule has 0 fully saturated rings. The average molecular weight is 252 g/mol. The number of carboxylic acids is 1. The molecule has 0 spiro atoms. The summed E-state index contributed by atoms with van der Waals surface area (Å²) in [6.45, 7) is -0.487. The Kier molecular flexibility index (Phi) is 3.66. The van der Waals surface area contributed by atoms with Crippen molar-refractivity contribution in [3.8, 4) is 5.75 Å². The number of phenolic OH excluding ortho intramolecular Hbond substituents is 1. The van der Waals surface area contributed by atoms with Gasteiger partial charge in [-0.25, -0.2) is 8.78 Å². The number of carboxylic acid groups (broad SMARTS) is 1. The van der Waals surface area contributed by atoms with Crippen molar-refractivity contribution in [1.29, 1.82) is 0 Å². The zero-order valence-corrected chi connectivity index (χ0v) is 8.63. The Labute approximate surface area is 94.3 Å². The second-order valence-electron chi connectivity index (χ2n) is 3.04. The predicted octanol–water partition coefficient (Wildman–Crippen LogP) is 1.45. The van der Waals surface area contributed by atoms with Crippen LogP contribution in [0.15, 0.2) is 6.07 Å². The van der Waals surface area contributed by atoms with Crippen molar-refractivity contribution in [2.45, 2.75) is 5.92 Å². The molecule has 0 saturated carbocycles. The van der Waals surface area contributed by atoms with Gasteiger partial charge in [-0.1, -0.05) is 11.6 Å². The van der Waals surface area contributed by atoms with Crippen LogP contribution in [0.1, 0.15) is 11.5 Å². The lowest BCUT2D eigenvalue weighted by atomic mass is 9.97. The topological polar surface area (TPSA) is 83.6 Å². The second-order valence-corrected chi connectivity index (χ2v) is 3.45. The minimum absolute atomic E-state index is 0.464. The van der Waals surface area contributed by atoms with Gasteiger partial charge in [-0.3, -0.25) is 4.79 Å². The lowest BCUT2D eigenvalue weighted by molar-refractivity contribution is -0.138. The molecule has 1 rings (SSSR count). The van der Waals surface area contributed by atoms with Gasteiger partial charge in [0.05, 0.1) is 5.02 Å². The third-order valence-electron chi connectivity index (χ3n) is 2.06. The lowest BCUT2D eigenvalue weighted by Crippen LogP contribution is -2.22. The van der Waals surface area contributed by atoms with Crippen LogP contribution in [0.4, 0.5) is 8.78 Å². The Morgan fingerprint density at radius 3 is 2.56 bits per heavy atom. The van der Waals surface area contributed by atoms with Gasteiger partial charge in [-0.05, 0) is 6.07 Å². The van der Waals surface area contributed by atoms with Crippen molar-refractivity contribution in [1.82, 2.24) is 0 Å². The SMILES string of the molecule is NCC(C(=O)O)c1c(O)c(Cl)cc(F)c1F. The average Bonchev–Trinajstić information content (AvgIpc) is 2.21. The number of aromatic hydroxyl groups is 1. The molecule has 0 aliphatic carbocycles. The summed E-state index contributed by atoms with van der Waals surface area (Å²) in [5.74, 6) is -6.62. The number of hydrogen-bond donors (Lipinski definition) is 3. The monoisotopic (exact) mass is 251 g/mol. The lowest BCUT2D eigenvalue weighted by Gasteiger charge is -2.14. The summed E-state index contributed by atoms with van der Waals surface area (Å²) < 4.78 is 26.3. The first-order valence-electron chi connectivity index (χ1n) is 4.19. The van der Waals surface area contributed by atoms with E-state index in [0.29, 0.717) is 6.07 Å². The zero-order valence-electron chi connectivity index (χ0n) is 7.88. The van der Waals surface area contributed by atoms with Crippen LogP contribution in [-0.2, 0) is 4.79 Å². The fourth-order valence-electron chi connectivity index (χ4n) is 1.26. The molecule has 0 radical (unpaired) electrons. The standard InChI is InChI=1S/C9H8ClF2NO3/c10-4-1-5(11)7(12)6(8(4)14)3(2-13)9(15)16/h1,3,14H,2,13H2,(H,15,16). The summed E-state index contributed by atoms with van der Waals surface area (Å²) in [5, 5.41) is 17.7. The zero-order chi connectivity index (χ0) is 12.5. The van der Waals surface area contributed by atoms with Crippen LogP contribution in [0, 0.1) is 11.6 Å². The number of benzene rings is 1. The van der Waals surface area contributed by atoms with Crippen molar-refractivity contribution in [3.05, 3.63) is 28.3 Å². The molecule has 4 nitrogen and oxygen atoms in total. The van der Waals surface area contributed by atoms with E-state index in [1.807, 2.05) is 0 Å². The normalized spacial score (nSPS) is 12.5. The molecule has 7 heteroatoms. The van der Waals surface area contributed by atoms with Crippen molar-refractivity contribution < 1.29 is 23.8 Å². The third kappa shape index (κ3) is 2.07. The van der Waals surface area contributed by atoms with Gasteiger partial charge in [0.15, 0.2) is 11.6 Å². The molecule has 1 unspecified atom stereocenters. The first kappa shape index (κ1) is 12.7. The van der Waals surface area contributed by atoms with Crippen LogP contribution >= 0.6 is 11.6 Å². The first-order chi connectivity index (χ1) is 7.40. The molecule has 4 N–H and O–H groups in total. The first-order valence-corrected chi connectivity index (χ1v) is 4.57. The van der Waals surface area contributed by atoms with Gasteiger partial charge in [0, 0.05) is 12.1 Å². The highest BCUT2D eigenvalue weighted by Gasteiger charge is 2.28. The molecular weight excluding hydrogens is 244 g/mol. The third-order valence-corrected chi connectivity index (χ3v) is 2.35. The van der Waals surface area contributed by atoms with Crippen LogP contribution in [0.2, 0.25) is 5.02 Å². The number of hydrogen-bond acceptors (Lipinski definition) is 3. The molecule has 0 heterocycles. The molecule has 0 aliphatic rings. The van der Waals surface area contributed by atoms with Crippen LogP contribution in [0.25, 0.3) is 0 Å². The molecule has 1 atom stereocenters. The fraction of sp³-hybridized carbons (Fsp3) is 0.222. The van der Waals surface area contributed by atoms with Gasteiger partial charge in [-0.15, -0.1) is 0 Å². The van der Waals surface area contributed by atoms with E-state index in [0.717, 1.165) is 0 Å². The smallest absolute Gasteiger partial charge is 0.312 e. The largest absolute Gasteiger partial charge is 0.506 e. The van der Waals surface area contributed by atoms with Gasteiger partial charge in [0.2, 0.25) is 0 Å². The molecular formula is C9H8ClF2NO3. The molecule has 0 amide bonds. The number of aliphatic carboxylic acids is 1. The molecule has 1 aromatic rings. The summed E-state index contributed by atoms with van der Waals surface area (Å²) in [5.41, 5.74) is 4.38. The minimum atomic E-state index is -1.55. The maximum atomic E-state index is 13.3. The molecule has 16 heavy (non-hydrogen) atoms.